The van der Waals surface area contributed by atoms with Crippen molar-refractivity contribution in [2.75, 3.05) is 7.11 Å². The van der Waals surface area contributed by atoms with Gasteiger partial charge in [0, 0.05) is 18.5 Å². The fourth-order valence-electron chi connectivity index (χ4n) is 2.33. The van der Waals surface area contributed by atoms with E-state index in [2.05, 4.69) is 5.10 Å². The zero-order valence-corrected chi connectivity index (χ0v) is 12.8. The van der Waals surface area contributed by atoms with Crippen LogP contribution in [0.4, 0.5) is 17.6 Å². The summed E-state index contributed by atoms with van der Waals surface area (Å²) in [5.41, 5.74) is -2.47. The molecule has 2 rings (SSSR count). The molecular weight excluding hydrogens is 316 g/mol. The van der Waals surface area contributed by atoms with Gasteiger partial charge in [-0.2, -0.15) is 13.2 Å². The van der Waals surface area contributed by atoms with Gasteiger partial charge in [0.2, 0.25) is 0 Å². The number of benzene rings is 1. The van der Waals surface area contributed by atoms with Gasteiger partial charge in [-0.25, -0.2) is 4.39 Å². The summed E-state index contributed by atoms with van der Waals surface area (Å²) in [5.74, 6) is -0.481. The summed E-state index contributed by atoms with van der Waals surface area (Å²) < 4.78 is 59.5. The molecule has 0 unspecified atom stereocenters. The highest BCUT2D eigenvalue weighted by Crippen LogP contribution is 2.33. The molecule has 126 valence electrons. The van der Waals surface area contributed by atoms with Crippen LogP contribution in [0.3, 0.4) is 0 Å². The van der Waals surface area contributed by atoms with E-state index in [0.29, 0.717) is 0 Å². The largest absolute Gasteiger partial charge is 0.497 e. The molecule has 0 radical (unpaired) electrons. The number of nitrogens with one attached hydrogen (secondary N) is 1. The second-order valence-electron chi connectivity index (χ2n) is 5.36. The Bertz CT molecular complexity index is 760. The van der Waals surface area contributed by atoms with Gasteiger partial charge in [-0.15, -0.1) is 0 Å². The number of hydrogen-bond acceptors (Lipinski definition) is 2. The predicted octanol–water partition coefficient (Wildman–Crippen LogP) is 3.51. The first-order valence-electron chi connectivity index (χ1n) is 6.88. The highest BCUT2D eigenvalue weighted by atomic mass is 19.4. The van der Waals surface area contributed by atoms with Gasteiger partial charge in [-0.1, -0.05) is 6.07 Å². The molecule has 1 N–H and O–H groups in total. The fourth-order valence-corrected chi connectivity index (χ4v) is 2.33. The molecule has 0 fully saturated rings. The Morgan fingerprint density at radius 3 is 2.43 bits per heavy atom. The van der Waals surface area contributed by atoms with Crippen molar-refractivity contribution in [3.63, 3.8) is 0 Å². The van der Waals surface area contributed by atoms with Gasteiger partial charge in [0.1, 0.15) is 17.3 Å². The molecule has 0 spiro atoms. The van der Waals surface area contributed by atoms with Crippen LogP contribution in [-0.2, 0) is 12.6 Å². The van der Waals surface area contributed by atoms with Crippen molar-refractivity contribution in [1.29, 1.82) is 0 Å². The number of methoxy groups -OCH3 is 1. The summed E-state index contributed by atoms with van der Waals surface area (Å²) in [6.45, 7) is 3.03. The average Bonchev–Trinajstić information content (AvgIpc) is 2.78. The summed E-state index contributed by atoms with van der Waals surface area (Å²) in [4.78, 5) is 11.9. The van der Waals surface area contributed by atoms with Crippen molar-refractivity contribution in [1.82, 2.24) is 9.78 Å². The molecule has 4 nitrogen and oxygen atoms in total. The van der Waals surface area contributed by atoms with Crippen LogP contribution < -0.4 is 10.3 Å². The number of hydrogen-bond donors (Lipinski definition) is 1. The normalized spacial score (nSPS) is 12.0. The third-order valence-electron chi connectivity index (χ3n) is 3.44. The van der Waals surface area contributed by atoms with E-state index in [1.54, 1.807) is 0 Å². The molecular formula is C15H16F4N2O2. The Balaban J connectivity index is 2.54. The Labute approximate surface area is 129 Å². The van der Waals surface area contributed by atoms with Gasteiger partial charge in [0.05, 0.1) is 12.7 Å². The van der Waals surface area contributed by atoms with Gasteiger partial charge >= 0.3 is 6.18 Å². The van der Waals surface area contributed by atoms with Crippen LogP contribution >= 0.6 is 0 Å². The summed E-state index contributed by atoms with van der Waals surface area (Å²) in [6, 6.07) is 3.21. The van der Waals surface area contributed by atoms with Crippen molar-refractivity contribution >= 4 is 0 Å². The maximum atomic E-state index is 14.0. The lowest BCUT2D eigenvalue weighted by Gasteiger charge is -2.15. The standard InChI is InChI=1S/C15H16F4N2O2/c1-8(2)21-13(15(17,18)19)11(14(22)20-21)6-9-4-5-10(23-3)7-12(9)16/h4-5,7-8H,6H2,1-3H3,(H,20,22). The zero-order valence-electron chi connectivity index (χ0n) is 12.8. The molecule has 0 saturated carbocycles. The molecule has 0 saturated heterocycles. The van der Waals surface area contributed by atoms with E-state index in [9.17, 15) is 22.4 Å². The van der Waals surface area contributed by atoms with E-state index < -0.39 is 41.3 Å². The van der Waals surface area contributed by atoms with Crippen LogP contribution in [0.15, 0.2) is 23.0 Å². The minimum atomic E-state index is -4.72. The number of H-pyrrole nitrogens is 1. The van der Waals surface area contributed by atoms with E-state index in [4.69, 9.17) is 4.74 Å². The van der Waals surface area contributed by atoms with Gasteiger partial charge in [0.25, 0.3) is 5.56 Å². The lowest BCUT2D eigenvalue weighted by atomic mass is 10.0. The second kappa shape index (κ2) is 6.10. The van der Waals surface area contributed by atoms with Gasteiger partial charge in [0.15, 0.2) is 0 Å². The smallest absolute Gasteiger partial charge is 0.433 e. The van der Waals surface area contributed by atoms with Crippen molar-refractivity contribution in [2.24, 2.45) is 0 Å². The molecule has 0 aliphatic carbocycles. The second-order valence-corrected chi connectivity index (χ2v) is 5.36. The number of ether oxygens (including phenoxy) is 1. The van der Waals surface area contributed by atoms with Crippen molar-refractivity contribution in [2.45, 2.75) is 32.5 Å². The lowest BCUT2D eigenvalue weighted by molar-refractivity contribution is -0.145. The zero-order chi connectivity index (χ0) is 17.4. The first kappa shape index (κ1) is 17.1. The first-order chi connectivity index (χ1) is 10.6. The van der Waals surface area contributed by atoms with Crippen LogP contribution in [0.1, 0.15) is 36.7 Å². The minimum Gasteiger partial charge on any atom is -0.497 e. The van der Waals surface area contributed by atoms with Crippen LogP contribution in [0.5, 0.6) is 5.75 Å². The van der Waals surface area contributed by atoms with Crippen LogP contribution in [0.25, 0.3) is 0 Å². The highest BCUT2D eigenvalue weighted by Gasteiger charge is 2.39. The molecule has 1 aromatic carbocycles. The number of aromatic nitrogens is 2. The minimum absolute atomic E-state index is 0.0108. The number of nitrogens with zero attached hydrogens (tertiary/aromatic N) is 1. The van der Waals surface area contributed by atoms with E-state index >= 15 is 0 Å². The Morgan fingerprint density at radius 1 is 1.30 bits per heavy atom. The fraction of sp³-hybridized carbons (Fsp3) is 0.400. The van der Waals surface area contributed by atoms with E-state index in [-0.39, 0.29) is 11.3 Å². The number of rotatable bonds is 4. The van der Waals surface area contributed by atoms with E-state index in [0.717, 1.165) is 10.7 Å². The summed E-state index contributed by atoms with van der Waals surface area (Å²) >= 11 is 0. The predicted molar refractivity (Wildman–Crippen MR) is 76.2 cm³/mol. The van der Waals surface area contributed by atoms with Gasteiger partial charge in [-0.05, 0) is 25.5 Å². The Hall–Kier alpha value is -2.25. The summed E-state index contributed by atoms with van der Waals surface area (Å²) in [5, 5.41) is 2.18. The van der Waals surface area contributed by atoms with Crippen molar-refractivity contribution < 1.29 is 22.3 Å². The maximum Gasteiger partial charge on any atom is 0.433 e. The first-order valence-corrected chi connectivity index (χ1v) is 6.88. The third-order valence-corrected chi connectivity index (χ3v) is 3.44. The molecule has 1 aromatic heterocycles. The molecule has 0 amide bonds. The van der Waals surface area contributed by atoms with Gasteiger partial charge in [-0.3, -0.25) is 14.6 Å². The third kappa shape index (κ3) is 3.40. The number of aromatic amines is 1. The molecule has 8 heteroatoms. The van der Waals surface area contributed by atoms with Crippen LogP contribution in [-0.4, -0.2) is 16.9 Å². The van der Waals surface area contributed by atoms with E-state index in [1.807, 2.05) is 0 Å². The van der Waals surface area contributed by atoms with Crippen molar-refractivity contribution in [3.05, 3.63) is 51.2 Å². The Kier molecular flexibility index (Phi) is 4.53. The molecule has 0 atom stereocenters. The molecule has 2 aromatic rings. The van der Waals surface area contributed by atoms with Crippen LogP contribution in [0, 0.1) is 5.82 Å². The monoisotopic (exact) mass is 332 g/mol. The summed E-state index contributed by atoms with van der Waals surface area (Å²) in [7, 11) is 1.35. The van der Waals surface area contributed by atoms with Gasteiger partial charge < -0.3 is 4.74 Å². The maximum absolute atomic E-state index is 14.0. The summed E-state index contributed by atoms with van der Waals surface area (Å²) in [6.07, 6.45) is -5.18. The number of alkyl halides is 3. The topological polar surface area (TPSA) is 47.0 Å². The van der Waals surface area contributed by atoms with E-state index in [1.165, 1.54) is 33.1 Å². The van der Waals surface area contributed by atoms with Crippen LogP contribution in [0.2, 0.25) is 0 Å². The quantitative estimate of drug-likeness (QED) is 0.871. The molecule has 23 heavy (non-hydrogen) atoms. The lowest BCUT2D eigenvalue weighted by Crippen LogP contribution is -2.18. The molecule has 0 aliphatic heterocycles. The highest BCUT2D eigenvalue weighted by molar-refractivity contribution is 5.34. The SMILES string of the molecule is COc1ccc(Cc2c(C(F)(F)F)n(C(C)C)[nH]c2=O)c(F)c1. The molecule has 0 aliphatic rings. The molecule has 1 heterocycles. The average molecular weight is 332 g/mol. The Morgan fingerprint density at radius 2 is 1.96 bits per heavy atom. The number of halogens is 4. The molecule has 0 bridgehead atoms. The van der Waals surface area contributed by atoms with Crippen molar-refractivity contribution in [3.8, 4) is 5.75 Å².